The lowest BCUT2D eigenvalue weighted by Crippen LogP contribution is -2.47. The summed E-state index contributed by atoms with van der Waals surface area (Å²) < 4.78 is 66.5. The molecular weight excluding hydrogens is 581 g/mol. The number of nitrogens with zero attached hydrogens (tertiary/aromatic N) is 4. The molecule has 2 amide bonds. The van der Waals surface area contributed by atoms with Crippen LogP contribution in [0.4, 0.5) is 27.8 Å². The van der Waals surface area contributed by atoms with Crippen molar-refractivity contribution in [2.45, 2.75) is 97.5 Å². The fourth-order valence-electron chi connectivity index (χ4n) is 4.57. The van der Waals surface area contributed by atoms with Gasteiger partial charge in [-0.3, -0.25) is 9.59 Å². The van der Waals surface area contributed by atoms with Gasteiger partial charge in [-0.15, -0.1) is 11.3 Å². The summed E-state index contributed by atoms with van der Waals surface area (Å²) in [7, 11) is 1.45. The maximum absolute atomic E-state index is 14.2. The Morgan fingerprint density at radius 2 is 1.88 bits per heavy atom. The second-order valence-electron chi connectivity index (χ2n) is 10.5. The fraction of sp³-hybridized carbons (Fsp3) is 0.643. The molecule has 0 aliphatic carbocycles. The first-order valence-electron chi connectivity index (χ1n) is 13.9. The van der Waals surface area contributed by atoms with Gasteiger partial charge in [-0.25, -0.2) is 18.7 Å². The normalized spacial score (nSPS) is 17.2. The number of halogens is 5. The van der Waals surface area contributed by atoms with Gasteiger partial charge in [0.15, 0.2) is 5.01 Å². The van der Waals surface area contributed by atoms with Gasteiger partial charge in [0.25, 0.3) is 18.2 Å². The lowest BCUT2D eigenvalue weighted by molar-refractivity contribution is -0.115. The molecule has 0 radical (unpaired) electrons. The maximum atomic E-state index is 14.2. The number of rotatable bonds is 10. The van der Waals surface area contributed by atoms with E-state index in [1.54, 1.807) is 18.7 Å². The van der Waals surface area contributed by atoms with Crippen molar-refractivity contribution in [3.05, 3.63) is 28.5 Å². The van der Waals surface area contributed by atoms with Gasteiger partial charge >= 0.3 is 6.18 Å². The van der Waals surface area contributed by atoms with Crippen LogP contribution in [0, 0.1) is 0 Å². The van der Waals surface area contributed by atoms with Gasteiger partial charge in [0.05, 0.1) is 17.0 Å². The quantitative estimate of drug-likeness (QED) is 0.284. The maximum Gasteiger partial charge on any atom is 0.405 e. The molecule has 0 spiro atoms. The van der Waals surface area contributed by atoms with Crippen LogP contribution in [-0.4, -0.2) is 80.7 Å². The summed E-state index contributed by atoms with van der Waals surface area (Å²) in [5.74, 6) is -1.55. The number of aliphatic hydroxyl groups is 1. The topological polar surface area (TPSA) is 98.7 Å². The zero-order valence-electron chi connectivity index (χ0n) is 25.0. The molecular formula is C28H40F5N5O3S. The largest absolute Gasteiger partial charge is 0.405 e. The first-order chi connectivity index (χ1) is 19.6. The summed E-state index contributed by atoms with van der Waals surface area (Å²) in [6, 6.07) is 0.579. The second kappa shape index (κ2) is 14.5. The zero-order valence-corrected chi connectivity index (χ0v) is 25.8. The first-order valence-corrected chi connectivity index (χ1v) is 14.7. The fourth-order valence-corrected chi connectivity index (χ4v) is 5.63. The highest BCUT2D eigenvalue weighted by atomic mass is 32.1. The third-order valence-electron chi connectivity index (χ3n) is 7.14. The van der Waals surface area contributed by atoms with E-state index in [1.165, 1.54) is 11.9 Å². The molecule has 0 saturated carbocycles. The van der Waals surface area contributed by atoms with E-state index in [0.29, 0.717) is 0 Å². The Hall–Kier alpha value is -2.87. The van der Waals surface area contributed by atoms with E-state index >= 15 is 0 Å². The Labute approximate surface area is 247 Å². The molecule has 14 heteroatoms. The molecule has 3 rings (SSSR count). The third kappa shape index (κ3) is 8.15. The number of hydrogen-bond donors (Lipinski definition) is 2. The number of anilines is 1. The van der Waals surface area contributed by atoms with Crippen LogP contribution in [0.3, 0.4) is 0 Å². The molecule has 1 aliphatic rings. The Morgan fingerprint density at radius 1 is 1.24 bits per heavy atom. The summed E-state index contributed by atoms with van der Waals surface area (Å²) in [5, 5.41) is 11.6. The number of thiazole rings is 1. The molecule has 2 N–H and O–H groups in total. The number of carbonyl (C=O) groups is 2. The number of carbonyl (C=O) groups excluding carboxylic acids is 2. The summed E-state index contributed by atoms with van der Waals surface area (Å²) >= 11 is 0.728. The van der Waals surface area contributed by atoms with Crippen LogP contribution in [0.5, 0.6) is 0 Å². The predicted molar refractivity (Wildman–Crippen MR) is 153 cm³/mol. The first kappa shape index (κ1) is 35.3. The number of amides is 2. The van der Waals surface area contributed by atoms with E-state index in [4.69, 9.17) is 0 Å². The van der Waals surface area contributed by atoms with Crippen LogP contribution >= 0.6 is 11.3 Å². The second-order valence-corrected chi connectivity index (χ2v) is 11.5. The van der Waals surface area contributed by atoms with Crippen molar-refractivity contribution >= 4 is 29.0 Å². The molecule has 1 saturated heterocycles. The third-order valence-corrected chi connectivity index (χ3v) is 8.22. The lowest BCUT2D eigenvalue weighted by atomic mass is 10.1. The van der Waals surface area contributed by atoms with Gasteiger partial charge in [-0.05, 0) is 46.1 Å². The molecule has 0 aromatic carbocycles. The van der Waals surface area contributed by atoms with Gasteiger partial charge in [0.1, 0.15) is 18.1 Å². The van der Waals surface area contributed by atoms with Gasteiger partial charge in [0, 0.05) is 36.5 Å². The zero-order chi connectivity index (χ0) is 32.0. The van der Waals surface area contributed by atoms with Gasteiger partial charge in [-0.1, -0.05) is 27.2 Å². The van der Waals surface area contributed by atoms with Crippen molar-refractivity contribution in [1.29, 1.82) is 0 Å². The van der Waals surface area contributed by atoms with Crippen LogP contribution in [-0.2, 0) is 0 Å². The molecule has 2 atom stereocenters. The molecule has 0 bridgehead atoms. The number of hydrogen-bond acceptors (Lipinski definition) is 7. The van der Waals surface area contributed by atoms with Gasteiger partial charge in [0.2, 0.25) is 0 Å². The Morgan fingerprint density at radius 3 is 2.43 bits per heavy atom. The molecule has 1 aliphatic heterocycles. The highest BCUT2D eigenvalue weighted by Crippen LogP contribution is 2.40. The molecule has 236 valence electrons. The summed E-state index contributed by atoms with van der Waals surface area (Å²) in [6.45, 7) is 9.29. The highest BCUT2D eigenvalue weighted by molar-refractivity contribution is 7.17. The smallest absolute Gasteiger partial charge is 0.394 e. The number of nitrogens with one attached hydrogen (secondary N) is 1. The minimum absolute atomic E-state index is 0.0249. The number of aromatic nitrogens is 2. The van der Waals surface area contributed by atoms with Crippen LogP contribution in [0.1, 0.15) is 99.5 Å². The van der Waals surface area contributed by atoms with Crippen molar-refractivity contribution in [1.82, 2.24) is 19.8 Å². The lowest BCUT2D eigenvalue weighted by Gasteiger charge is -2.33. The minimum atomic E-state index is -4.59. The van der Waals surface area contributed by atoms with E-state index in [1.807, 2.05) is 33.0 Å². The molecule has 2 unspecified atom stereocenters. The number of aliphatic hydroxyl groups excluding tert-OH is 1. The number of likely N-dealkylation sites (tertiary alicyclic amines) is 1. The van der Waals surface area contributed by atoms with E-state index < -0.39 is 47.9 Å². The van der Waals surface area contributed by atoms with Crippen molar-refractivity contribution in [2.75, 3.05) is 25.5 Å². The Balaban J connectivity index is 0.00000301. The molecule has 42 heavy (non-hydrogen) atoms. The van der Waals surface area contributed by atoms with Crippen molar-refractivity contribution in [2.24, 2.45) is 0 Å². The van der Waals surface area contributed by atoms with E-state index in [-0.39, 0.29) is 39.8 Å². The molecule has 2 aromatic heterocycles. The van der Waals surface area contributed by atoms with Crippen LogP contribution in [0.15, 0.2) is 12.3 Å². The summed E-state index contributed by atoms with van der Waals surface area (Å²) in [5.41, 5.74) is -2.03. The van der Waals surface area contributed by atoms with Crippen molar-refractivity contribution in [3.8, 4) is 10.4 Å². The Kier molecular flexibility index (Phi) is 12.2. The highest BCUT2D eigenvalue weighted by Gasteiger charge is 2.39. The van der Waals surface area contributed by atoms with Crippen LogP contribution in [0.2, 0.25) is 0 Å². The van der Waals surface area contributed by atoms with Gasteiger partial charge < -0.3 is 20.2 Å². The molecule has 8 nitrogen and oxygen atoms in total. The number of alkyl halides is 5. The SMILES string of the molecule is CC.CCCC1CCC(C)N1C(=O)c1nc(C(=O)N(C)C(C)(C)CO)sc1-c1cnc(NCC(F)(F)F)cc1C(F)F. The van der Waals surface area contributed by atoms with E-state index in [9.17, 15) is 36.6 Å². The van der Waals surface area contributed by atoms with Crippen LogP contribution < -0.4 is 5.32 Å². The average molecular weight is 622 g/mol. The Bertz CT molecular complexity index is 1220. The predicted octanol–water partition coefficient (Wildman–Crippen LogP) is 6.78. The standard InChI is InChI=1S/C26H34F5N5O3S.C2H6/c1-6-7-15-9-8-14(2)36(15)23(38)19-20(40-22(34-19)24(39)35(5)25(3,4)13-37)17-11-32-18(10-16(17)21(27)28)33-12-26(29,30)31;1-2/h10-11,14-15,21,37H,6-9,12-13H2,1-5H3,(H,32,33);1-2H3. The van der Waals surface area contributed by atoms with Gasteiger partial charge in [-0.2, -0.15) is 13.2 Å². The molecule has 1 fully saturated rings. The van der Waals surface area contributed by atoms with Crippen LogP contribution in [0.25, 0.3) is 10.4 Å². The van der Waals surface area contributed by atoms with E-state index in [2.05, 4.69) is 9.97 Å². The summed E-state index contributed by atoms with van der Waals surface area (Å²) in [4.78, 5) is 38.4. The van der Waals surface area contributed by atoms with Crippen molar-refractivity contribution < 1.29 is 36.6 Å². The minimum Gasteiger partial charge on any atom is -0.394 e. The molecule has 2 aromatic rings. The molecule has 3 heterocycles. The van der Waals surface area contributed by atoms with Crippen molar-refractivity contribution in [3.63, 3.8) is 0 Å². The number of likely N-dealkylation sites (N-methyl/N-ethyl adjacent to an activating group) is 1. The average Bonchev–Trinajstić information content (AvgIpc) is 3.55. The monoisotopic (exact) mass is 621 g/mol. The van der Waals surface area contributed by atoms with E-state index in [0.717, 1.165) is 49.3 Å². The summed E-state index contributed by atoms with van der Waals surface area (Å²) in [6.07, 6.45) is -3.67. The number of pyridine rings is 1.